The first-order chi connectivity index (χ1) is 11.2. The molecule has 9 heteroatoms. The van der Waals surface area contributed by atoms with Gasteiger partial charge in [0, 0.05) is 16.6 Å². The van der Waals surface area contributed by atoms with Gasteiger partial charge in [0.05, 0.1) is 12.3 Å². The summed E-state index contributed by atoms with van der Waals surface area (Å²) in [5.41, 5.74) is 4.57. The molecule has 0 aliphatic carbocycles. The third-order valence-corrected chi connectivity index (χ3v) is 4.39. The summed E-state index contributed by atoms with van der Waals surface area (Å²) in [7, 11) is 0. The predicted molar refractivity (Wildman–Crippen MR) is 93.1 cm³/mol. The number of hydrogen-bond donors (Lipinski definition) is 2. The number of quaternary nitrogens is 1. The molecule has 0 aliphatic heterocycles. The first kappa shape index (κ1) is 21.0. The molecule has 24 heavy (non-hydrogen) atoms. The first-order valence-corrected chi connectivity index (χ1v) is 9.25. The summed E-state index contributed by atoms with van der Waals surface area (Å²) in [6.07, 6.45) is 4.03. The molecule has 0 bridgehead atoms. The highest BCUT2D eigenvalue weighted by atomic mass is 79.9. The Bertz CT molecular complexity index is 624. The van der Waals surface area contributed by atoms with Gasteiger partial charge < -0.3 is 27.9 Å². The lowest BCUT2D eigenvalue weighted by Crippen LogP contribution is -3.00. The molecular formula is C15H20BrClN4O2S. The minimum atomic E-state index is -0.104. The quantitative estimate of drug-likeness (QED) is 0.410. The van der Waals surface area contributed by atoms with Gasteiger partial charge in [0.1, 0.15) is 0 Å². The highest BCUT2D eigenvalue weighted by Gasteiger charge is 2.10. The predicted octanol–water partition coefficient (Wildman–Crippen LogP) is -0.478. The van der Waals surface area contributed by atoms with E-state index in [1.807, 2.05) is 24.3 Å². The van der Waals surface area contributed by atoms with Crippen LogP contribution in [-0.2, 0) is 11.2 Å². The van der Waals surface area contributed by atoms with E-state index in [-0.39, 0.29) is 24.1 Å². The number of hydrogen-bond acceptors (Lipinski definition) is 5. The number of thioether (sulfide) groups is 1. The molecule has 0 radical (unpaired) electrons. The van der Waals surface area contributed by atoms with Crippen LogP contribution >= 0.6 is 27.7 Å². The highest BCUT2D eigenvalue weighted by Crippen LogP contribution is 2.18. The second-order valence-corrected chi connectivity index (χ2v) is 6.81. The highest BCUT2D eigenvalue weighted by molar-refractivity contribution is 9.10. The smallest absolute Gasteiger partial charge is 0.277 e. The van der Waals surface area contributed by atoms with E-state index in [0.717, 1.165) is 42.4 Å². The average Bonchev–Trinajstić information content (AvgIpc) is 3.00. The van der Waals surface area contributed by atoms with Crippen LogP contribution in [0.3, 0.4) is 0 Å². The lowest BCUT2D eigenvalue weighted by molar-refractivity contribution is -0.368. The summed E-state index contributed by atoms with van der Waals surface area (Å²) >= 11 is 4.60. The SMILES string of the molecule is [Cl-].[NH3+]CCCCCc1nnc(SCC(=O)Nc2ccc(Br)cc2)o1. The van der Waals surface area contributed by atoms with Crippen molar-refractivity contribution in [2.75, 3.05) is 17.6 Å². The van der Waals surface area contributed by atoms with Crippen LogP contribution in [0.5, 0.6) is 0 Å². The van der Waals surface area contributed by atoms with Crippen molar-refractivity contribution in [3.8, 4) is 0 Å². The fourth-order valence-corrected chi connectivity index (χ4v) is 2.73. The van der Waals surface area contributed by atoms with Crippen molar-refractivity contribution in [1.82, 2.24) is 10.2 Å². The molecule has 4 N–H and O–H groups in total. The second-order valence-electron chi connectivity index (χ2n) is 4.97. The molecular weight excluding hydrogens is 416 g/mol. The Hall–Kier alpha value is -1.09. The maximum Gasteiger partial charge on any atom is 0.277 e. The number of unbranched alkanes of at least 4 members (excludes halogenated alkanes) is 2. The van der Waals surface area contributed by atoms with E-state index in [0.29, 0.717) is 11.1 Å². The van der Waals surface area contributed by atoms with E-state index in [4.69, 9.17) is 4.42 Å². The van der Waals surface area contributed by atoms with Crippen LogP contribution in [0, 0.1) is 0 Å². The largest absolute Gasteiger partial charge is 1.00 e. The monoisotopic (exact) mass is 434 g/mol. The van der Waals surface area contributed by atoms with Gasteiger partial charge in [-0.15, -0.1) is 10.2 Å². The maximum atomic E-state index is 11.9. The lowest BCUT2D eigenvalue weighted by Gasteiger charge is -2.03. The van der Waals surface area contributed by atoms with Gasteiger partial charge in [0.15, 0.2) is 0 Å². The van der Waals surface area contributed by atoms with Gasteiger partial charge in [-0.2, -0.15) is 0 Å². The van der Waals surface area contributed by atoms with Crippen molar-refractivity contribution in [2.45, 2.75) is 30.9 Å². The number of carbonyl (C=O) groups is 1. The minimum absolute atomic E-state index is 0. The number of anilines is 1. The molecule has 1 aromatic heterocycles. The molecule has 0 aliphatic rings. The van der Waals surface area contributed by atoms with Gasteiger partial charge in [-0.1, -0.05) is 27.7 Å². The third kappa shape index (κ3) is 7.65. The summed E-state index contributed by atoms with van der Waals surface area (Å²) in [6, 6.07) is 7.43. The Morgan fingerprint density at radius 3 is 2.67 bits per heavy atom. The summed E-state index contributed by atoms with van der Waals surface area (Å²) in [4.78, 5) is 11.9. The Morgan fingerprint density at radius 2 is 1.96 bits per heavy atom. The van der Waals surface area contributed by atoms with Crippen LogP contribution < -0.4 is 23.5 Å². The van der Waals surface area contributed by atoms with E-state index in [1.165, 1.54) is 11.8 Å². The lowest BCUT2D eigenvalue weighted by atomic mass is 10.2. The molecule has 0 saturated carbocycles. The average molecular weight is 436 g/mol. The van der Waals surface area contributed by atoms with E-state index < -0.39 is 0 Å². The van der Waals surface area contributed by atoms with Gasteiger partial charge >= 0.3 is 0 Å². The summed E-state index contributed by atoms with van der Waals surface area (Å²) < 4.78 is 6.49. The topological polar surface area (TPSA) is 95.7 Å². The zero-order chi connectivity index (χ0) is 16.5. The maximum absolute atomic E-state index is 11.9. The number of aryl methyl sites for hydroxylation is 1. The Morgan fingerprint density at radius 1 is 1.21 bits per heavy atom. The van der Waals surface area contributed by atoms with Gasteiger partial charge in [0.2, 0.25) is 11.8 Å². The van der Waals surface area contributed by atoms with Crippen molar-refractivity contribution in [3.05, 3.63) is 34.6 Å². The molecule has 6 nitrogen and oxygen atoms in total. The number of carbonyl (C=O) groups excluding carboxylic acids is 1. The summed E-state index contributed by atoms with van der Waals surface area (Å²) in [5, 5.41) is 11.2. The van der Waals surface area contributed by atoms with Crippen LogP contribution in [0.2, 0.25) is 0 Å². The molecule has 2 rings (SSSR count). The van der Waals surface area contributed by atoms with Crippen molar-refractivity contribution < 1.29 is 27.4 Å². The van der Waals surface area contributed by atoms with Gasteiger partial charge in [0.25, 0.3) is 5.22 Å². The second kappa shape index (κ2) is 11.5. The first-order valence-electron chi connectivity index (χ1n) is 7.47. The van der Waals surface area contributed by atoms with Crippen molar-refractivity contribution in [3.63, 3.8) is 0 Å². The van der Waals surface area contributed by atoms with Crippen molar-refractivity contribution >= 4 is 39.3 Å². The minimum Gasteiger partial charge on any atom is -1.00 e. The zero-order valence-corrected chi connectivity index (χ0v) is 16.3. The standard InChI is InChI=1S/C15H19BrN4O2S.ClH/c16-11-5-7-12(8-6-11)18-13(21)10-23-15-20-19-14(22-15)4-2-1-3-9-17;/h5-8H,1-4,9-10,17H2,(H,18,21);1H. The van der Waals surface area contributed by atoms with Gasteiger partial charge in [-0.25, -0.2) is 0 Å². The number of halogens is 2. The fraction of sp³-hybridized carbons (Fsp3) is 0.400. The Labute approximate surface area is 159 Å². The molecule has 132 valence electrons. The molecule has 0 saturated heterocycles. The molecule has 2 aromatic rings. The Balaban J connectivity index is 0.00000288. The van der Waals surface area contributed by atoms with Gasteiger partial charge in [-0.3, -0.25) is 4.79 Å². The number of nitrogens with zero attached hydrogens (tertiary/aromatic N) is 2. The van der Waals surface area contributed by atoms with E-state index in [9.17, 15) is 4.79 Å². The van der Waals surface area contributed by atoms with Crippen LogP contribution in [0.4, 0.5) is 5.69 Å². The molecule has 0 fully saturated rings. The number of nitrogens with one attached hydrogen (secondary N) is 1. The summed E-state index contributed by atoms with van der Waals surface area (Å²) in [5.74, 6) is 0.761. The normalized spacial score (nSPS) is 10.2. The number of amides is 1. The van der Waals surface area contributed by atoms with Crippen LogP contribution in [0.25, 0.3) is 0 Å². The van der Waals surface area contributed by atoms with E-state index in [1.54, 1.807) is 0 Å². The molecule has 1 amide bonds. The number of aromatic nitrogens is 2. The van der Waals surface area contributed by atoms with Gasteiger partial charge in [-0.05, 0) is 43.5 Å². The molecule has 1 heterocycles. The number of benzene rings is 1. The molecule has 0 unspecified atom stereocenters. The van der Waals surface area contributed by atoms with E-state index >= 15 is 0 Å². The molecule has 0 atom stereocenters. The van der Waals surface area contributed by atoms with Crippen LogP contribution in [-0.4, -0.2) is 28.4 Å². The van der Waals surface area contributed by atoms with E-state index in [2.05, 4.69) is 37.2 Å². The van der Waals surface area contributed by atoms with Crippen LogP contribution in [0.1, 0.15) is 25.2 Å². The Kier molecular flexibility index (Phi) is 10.0. The fourth-order valence-electron chi connectivity index (χ4n) is 1.88. The van der Waals surface area contributed by atoms with Crippen LogP contribution in [0.15, 0.2) is 38.4 Å². The molecule has 1 aromatic carbocycles. The molecule has 0 spiro atoms. The van der Waals surface area contributed by atoms with Crippen molar-refractivity contribution in [1.29, 1.82) is 0 Å². The summed E-state index contributed by atoms with van der Waals surface area (Å²) in [6.45, 7) is 0.957. The van der Waals surface area contributed by atoms with Crippen molar-refractivity contribution in [2.24, 2.45) is 0 Å². The zero-order valence-electron chi connectivity index (χ0n) is 13.1. The third-order valence-electron chi connectivity index (χ3n) is 3.04. The number of rotatable bonds is 9.